The summed E-state index contributed by atoms with van der Waals surface area (Å²) in [7, 11) is 1.58. The van der Waals surface area contributed by atoms with E-state index in [1.165, 1.54) is 0 Å². The molecule has 2 amide bonds. The highest BCUT2D eigenvalue weighted by Crippen LogP contribution is 2.69. The van der Waals surface area contributed by atoms with Gasteiger partial charge in [0.1, 0.15) is 11.8 Å². The number of fused-ring (bicyclic) bond motifs is 1. The molecule has 7 atom stereocenters. The Hall–Kier alpha value is -2.78. The fourth-order valence-corrected chi connectivity index (χ4v) is 9.23. The van der Waals surface area contributed by atoms with Crippen molar-refractivity contribution in [3.05, 3.63) is 49.6 Å². The number of amides is 2. The fraction of sp³-hybridized carbons (Fsp3) is 0.581. The Bertz CT molecular complexity index is 1120. The summed E-state index contributed by atoms with van der Waals surface area (Å²) < 4.78 is 10.2. The molecule has 1 N–H and O–H groups in total. The Kier molecular flexibility index (Phi) is 9.35. The van der Waals surface area contributed by atoms with Crippen molar-refractivity contribution >= 4 is 35.2 Å². The molecule has 3 saturated heterocycles. The number of allylic oxidation sites excluding steroid dienone is 1. The highest BCUT2D eigenvalue weighted by Gasteiger charge is 2.77. The largest absolute Gasteiger partial charge is 0.497 e. The number of carbonyl (C=O) groups excluding carboxylic acids is 3. The van der Waals surface area contributed by atoms with Crippen molar-refractivity contribution in [2.24, 2.45) is 23.7 Å². The summed E-state index contributed by atoms with van der Waals surface area (Å²) in [6.07, 6.45) is 5.57. The third-order valence-corrected chi connectivity index (χ3v) is 10.8. The van der Waals surface area contributed by atoms with Crippen LogP contribution in [0.2, 0.25) is 0 Å². The summed E-state index contributed by atoms with van der Waals surface area (Å²) in [5, 5.41) is 10.4. The first kappa shape index (κ1) is 30.2. The van der Waals surface area contributed by atoms with Gasteiger partial charge in [-0.05, 0) is 55.4 Å². The number of unbranched alkanes of at least 4 members (excludes halogenated alkanes) is 1. The summed E-state index contributed by atoms with van der Waals surface area (Å²) in [6.45, 7) is 13.8. The molecule has 40 heavy (non-hydrogen) atoms. The minimum atomic E-state index is -0.852. The number of hydrogen-bond acceptors (Lipinski definition) is 7. The average Bonchev–Trinajstić information content (AvgIpc) is 3.53. The van der Waals surface area contributed by atoms with E-state index in [0.717, 1.165) is 6.42 Å². The minimum absolute atomic E-state index is 0.00756. The number of aliphatic hydroxyl groups excluding tert-OH is 1. The molecule has 3 fully saturated rings. The molecule has 0 aliphatic carbocycles. The molecule has 9 heteroatoms. The topological polar surface area (TPSA) is 96.4 Å². The molecule has 4 rings (SSSR count). The number of aliphatic hydroxyl groups is 1. The first-order valence-electron chi connectivity index (χ1n) is 14.1. The molecule has 3 aliphatic rings. The number of esters is 1. The van der Waals surface area contributed by atoms with Crippen LogP contribution in [0.5, 0.6) is 5.75 Å². The van der Waals surface area contributed by atoms with Crippen molar-refractivity contribution in [1.82, 2.24) is 4.90 Å². The molecule has 0 radical (unpaired) electrons. The fourth-order valence-electron chi connectivity index (χ4n) is 6.84. The monoisotopic (exact) mass is 570 g/mol. The maximum absolute atomic E-state index is 14.7. The van der Waals surface area contributed by atoms with E-state index in [1.807, 2.05) is 26.0 Å². The van der Waals surface area contributed by atoms with E-state index < -0.39 is 28.7 Å². The summed E-state index contributed by atoms with van der Waals surface area (Å²) >= 11 is 1.60. The zero-order chi connectivity index (χ0) is 29.2. The lowest BCUT2D eigenvalue weighted by Gasteiger charge is -2.42. The lowest BCUT2D eigenvalue weighted by atomic mass is 9.66. The van der Waals surface area contributed by atoms with Crippen LogP contribution >= 0.6 is 11.8 Å². The first-order valence-corrected chi connectivity index (χ1v) is 15.0. The molecule has 1 aromatic rings. The number of hydrogen-bond donors (Lipinski definition) is 1. The number of carbonyl (C=O) groups is 3. The Morgan fingerprint density at radius 2 is 1.95 bits per heavy atom. The van der Waals surface area contributed by atoms with Gasteiger partial charge in [-0.15, -0.1) is 24.9 Å². The van der Waals surface area contributed by atoms with E-state index >= 15 is 0 Å². The standard InChI is InChI=1S/C31H42N2O6S/c1-7-9-10-16-39-30(37)25-24-17-20(5)31(40-24)26(25)28(35)33(23(18-34)19(3)4)27(31)29(36)32(15-8-2)21-11-13-22(38-6)14-12-21/h7-8,11-14,19-20,23-27,34H,1-2,9-10,15-18H2,3-6H3/t20?,23-,24+,25-,26-,27?,31?/m0/s1. The maximum atomic E-state index is 14.7. The van der Waals surface area contributed by atoms with E-state index in [4.69, 9.17) is 9.47 Å². The van der Waals surface area contributed by atoms with Gasteiger partial charge in [0.25, 0.3) is 5.91 Å². The van der Waals surface area contributed by atoms with E-state index in [-0.39, 0.29) is 54.6 Å². The molecule has 3 heterocycles. The molecule has 1 spiro atoms. The van der Waals surface area contributed by atoms with Crippen molar-refractivity contribution in [2.75, 3.05) is 31.8 Å². The van der Waals surface area contributed by atoms with Crippen LogP contribution in [0.4, 0.5) is 5.69 Å². The minimum Gasteiger partial charge on any atom is -0.497 e. The van der Waals surface area contributed by atoms with Gasteiger partial charge in [-0.3, -0.25) is 14.4 Å². The third-order valence-electron chi connectivity index (χ3n) is 8.76. The van der Waals surface area contributed by atoms with Crippen LogP contribution in [0.15, 0.2) is 49.6 Å². The van der Waals surface area contributed by atoms with Crippen LogP contribution < -0.4 is 9.64 Å². The quantitative estimate of drug-likeness (QED) is 0.217. The molecular weight excluding hydrogens is 528 g/mol. The Morgan fingerprint density at radius 1 is 1.25 bits per heavy atom. The Balaban J connectivity index is 1.78. The number of likely N-dealkylation sites (tertiary alicyclic amines) is 1. The zero-order valence-corrected chi connectivity index (χ0v) is 24.8. The van der Waals surface area contributed by atoms with Crippen LogP contribution in [0.3, 0.4) is 0 Å². The van der Waals surface area contributed by atoms with Crippen LogP contribution in [0.25, 0.3) is 0 Å². The molecule has 0 saturated carbocycles. The van der Waals surface area contributed by atoms with Crippen molar-refractivity contribution < 1.29 is 29.0 Å². The molecule has 2 bridgehead atoms. The van der Waals surface area contributed by atoms with Gasteiger partial charge >= 0.3 is 5.97 Å². The van der Waals surface area contributed by atoms with Crippen LogP contribution in [-0.2, 0) is 19.1 Å². The molecule has 3 aliphatic heterocycles. The summed E-state index contributed by atoms with van der Waals surface area (Å²) in [4.78, 5) is 45.8. The lowest BCUT2D eigenvalue weighted by molar-refractivity contribution is -0.155. The highest BCUT2D eigenvalue weighted by molar-refractivity contribution is 8.02. The Morgan fingerprint density at radius 3 is 2.52 bits per heavy atom. The molecular formula is C31H42N2O6S. The van der Waals surface area contributed by atoms with E-state index in [2.05, 4.69) is 20.1 Å². The normalized spacial score (nSPS) is 29.3. The number of benzene rings is 1. The predicted molar refractivity (Wildman–Crippen MR) is 157 cm³/mol. The summed E-state index contributed by atoms with van der Waals surface area (Å²) in [6, 6.07) is 5.79. The van der Waals surface area contributed by atoms with Gasteiger partial charge < -0.3 is 24.4 Å². The molecule has 218 valence electrons. The van der Waals surface area contributed by atoms with E-state index in [0.29, 0.717) is 24.3 Å². The smallest absolute Gasteiger partial charge is 0.310 e. The second-order valence-corrected chi connectivity index (χ2v) is 12.9. The van der Waals surface area contributed by atoms with Gasteiger partial charge in [-0.2, -0.15) is 0 Å². The zero-order valence-electron chi connectivity index (χ0n) is 24.0. The second kappa shape index (κ2) is 12.4. The number of ether oxygens (including phenoxy) is 2. The number of nitrogens with zero attached hydrogens (tertiary/aromatic N) is 2. The molecule has 1 aromatic carbocycles. The molecule has 0 aromatic heterocycles. The Labute approximate surface area is 241 Å². The second-order valence-electron chi connectivity index (χ2n) is 11.3. The number of anilines is 1. The SMILES string of the molecule is C=CCCCOC(=O)[C@@H]1[C@H]2C(=O)N([C@@H](CO)C(C)C)C(C(=O)N(CC=C)c3ccc(OC)cc3)C23S[C@@H]1CC3C. The summed E-state index contributed by atoms with van der Waals surface area (Å²) in [5.74, 6) is -1.60. The van der Waals surface area contributed by atoms with E-state index in [9.17, 15) is 19.5 Å². The van der Waals surface area contributed by atoms with Crippen LogP contribution in [0, 0.1) is 23.7 Å². The van der Waals surface area contributed by atoms with Gasteiger partial charge in [0.05, 0.1) is 42.9 Å². The van der Waals surface area contributed by atoms with Gasteiger partial charge in [0.15, 0.2) is 0 Å². The van der Waals surface area contributed by atoms with E-state index in [1.54, 1.807) is 53.0 Å². The lowest BCUT2D eigenvalue weighted by Crippen LogP contribution is -2.60. The van der Waals surface area contributed by atoms with Gasteiger partial charge in [0, 0.05) is 17.5 Å². The van der Waals surface area contributed by atoms with Crippen LogP contribution in [-0.4, -0.2) is 76.7 Å². The predicted octanol–water partition coefficient (Wildman–Crippen LogP) is 4.08. The summed E-state index contributed by atoms with van der Waals surface area (Å²) in [5.41, 5.74) is 0.659. The third kappa shape index (κ3) is 4.96. The van der Waals surface area contributed by atoms with Gasteiger partial charge in [0.2, 0.25) is 5.91 Å². The maximum Gasteiger partial charge on any atom is 0.310 e. The van der Waals surface area contributed by atoms with Crippen molar-refractivity contribution in [3.63, 3.8) is 0 Å². The van der Waals surface area contributed by atoms with Crippen molar-refractivity contribution in [2.45, 2.75) is 62.1 Å². The number of rotatable bonds is 13. The van der Waals surface area contributed by atoms with Gasteiger partial charge in [-0.1, -0.05) is 32.9 Å². The van der Waals surface area contributed by atoms with Crippen molar-refractivity contribution in [1.29, 1.82) is 0 Å². The first-order chi connectivity index (χ1) is 19.2. The average molecular weight is 571 g/mol. The van der Waals surface area contributed by atoms with Gasteiger partial charge in [-0.25, -0.2) is 0 Å². The molecule has 8 nitrogen and oxygen atoms in total. The highest BCUT2D eigenvalue weighted by atomic mass is 32.2. The van der Waals surface area contributed by atoms with Crippen molar-refractivity contribution in [3.8, 4) is 5.75 Å². The van der Waals surface area contributed by atoms with Crippen LogP contribution in [0.1, 0.15) is 40.0 Å². The number of methoxy groups -OCH3 is 1. The molecule has 3 unspecified atom stereocenters. The number of thioether (sulfide) groups is 1.